The van der Waals surface area contributed by atoms with Crippen LogP contribution in [-0.2, 0) is 6.54 Å². The van der Waals surface area contributed by atoms with Gasteiger partial charge in [-0.05, 0) is 44.4 Å². The van der Waals surface area contributed by atoms with E-state index in [2.05, 4.69) is 9.88 Å². The molecular weight excluding hydrogens is 370 g/mol. The molecule has 0 bridgehead atoms. The van der Waals surface area contributed by atoms with Gasteiger partial charge in [-0.15, -0.1) is 11.3 Å². The molecule has 2 aliphatic rings. The zero-order valence-corrected chi connectivity index (χ0v) is 16.3. The minimum Gasteiger partial charge on any atom is -0.507 e. The zero-order chi connectivity index (χ0) is 18.3. The Morgan fingerprint density at radius 3 is 2.88 bits per heavy atom. The summed E-state index contributed by atoms with van der Waals surface area (Å²) < 4.78 is 0. The number of nitrogens with zero attached hydrogens (tertiary/aromatic N) is 3. The van der Waals surface area contributed by atoms with Crippen LogP contribution in [0.5, 0.6) is 5.75 Å². The van der Waals surface area contributed by atoms with Gasteiger partial charge in [-0.2, -0.15) is 0 Å². The molecule has 26 heavy (non-hydrogen) atoms. The summed E-state index contributed by atoms with van der Waals surface area (Å²) in [6.07, 6.45) is 5.17. The molecule has 0 saturated carbocycles. The maximum absolute atomic E-state index is 12.9. The number of aromatic hydroxyl groups is 1. The highest BCUT2D eigenvalue weighted by atomic mass is 35.5. The van der Waals surface area contributed by atoms with Gasteiger partial charge in [-0.3, -0.25) is 9.69 Å². The van der Waals surface area contributed by atoms with Crippen molar-refractivity contribution >= 4 is 28.8 Å². The Morgan fingerprint density at radius 2 is 2.23 bits per heavy atom. The minimum atomic E-state index is -0.112. The molecular formula is C19H22ClN3O2S. The summed E-state index contributed by atoms with van der Waals surface area (Å²) in [5, 5.41) is 11.6. The average Bonchev–Trinajstić information content (AvgIpc) is 3.03. The van der Waals surface area contributed by atoms with Gasteiger partial charge in [0.25, 0.3) is 5.91 Å². The normalized spacial score (nSPS) is 23.2. The SMILES string of the molecule is Cc1ncc(CN2CC[C@]23CCCN(C(=O)c2ccc(Cl)cc2O)C3)s1. The van der Waals surface area contributed by atoms with Crippen LogP contribution in [0, 0.1) is 6.92 Å². The number of piperidine rings is 1. The van der Waals surface area contributed by atoms with Crippen molar-refractivity contribution in [1.29, 1.82) is 0 Å². The summed E-state index contributed by atoms with van der Waals surface area (Å²) in [5.41, 5.74) is 0.392. The number of aromatic nitrogens is 1. The molecule has 1 aromatic heterocycles. The fourth-order valence-electron chi connectivity index (χ4n) is 4.10. The number of phenols is 1. The fraction of sp³-hybridized carbons (Fsp3) is 0.474. The second-order valence-electron chi connectivity index (χ2n) is 7.23. The lowest BCUT2D eigenvalue weighted by Gasteiger charge is -2.57. The van der Waals surface area contributed by atoms with Gasteiger partial charge in [0.15, 0.2) is 0 Å². The van der Waals surface area contributed by atoms with Crippen LogP contribution in [0.4, 0.5) is 0 Å². The quantitative estimate of drug-likeness (QED) is 0.866. The zero-order valence-electron chi connectivity index (χ0n) is 14.7. The van der Waals surface area contributed by atoms with E-state index < -0.39 is 0 Å². The Morgan fingerprint density at radius 1 is 1.38 bits per heavy atom. The summed E-state index contributed by atoms with van der Waals surface area (Å²) in [4.78, 5) is 22.9. The number of rotatable bonds is 3. The lowest BCUT2D eigenvalue weighted by atomic mass is 9.77. The van der Waals surface area contributed by atoms with Gasteiger partial charge >= 0.3 is 0 Å². The second kappa shape index (κ2) is 6.83. The van der Waals surface area contributed by atoms with Crippen molar-refractivity contribution in [2.75, 3.05) is 19.6 Å². The van der Waals surface area contributed by atoms with E-state index in [1.165, 1.54) is 10.9 Å². The summed E-state index contributed by atoms with van der Waals surface area (Å²) in [6, 6.07) is 4.69. The molecule has 1 atom stereocenters. The Kier molecular flexibility index (Phi) is 4.67. The van der Waals surface area contributed by atoms with Crippen molar-refractivity contribution in [2.45, 2.75) is 38.3 Å². The minimum absolute atomic E-state index is 0.0484. The lowest BCUT2D eigenvalue weighted by Crippen LogP contribution is -2.66. The largest absolute Gasteiger partial charge is 0.507 e. The average molecular weight is 392 g/mol. The van der Waals surface area contributed by atoms with Crippen LogP contribution in [0.15, 0.2) is 24.4 Å². The van der Waals surface area contributed by atoms with E-state index in [0.29, 0.717) is 17.1 Å². The summed E-state index contributed by atoms with van der Waals surface area (Å²) >= 11 is 7.63. The molecule has 7 heteroatoms. The third kappa shape index (κ3) is 3.21. The predicted octanol–water partition coefficient (Wildman–Crippen LogP) is 3.69. The first-order chi connectivity index (χ1) is 12.5. The molecule has 0 unspecified atom stereocenters. The molecule has 1 N–H and O–H groups in total. The number of hydrogen-bond donors (Lipinski definition) is 1. The van der Waals surface area contributed by atoms with Crippen LogP contribution >= 0.6 is 22.9 Å². The van der Waals surface area contributed by atoms with E-state index in [0.717, 1.165) is 43.9 Å². The van der Waals surface area contributed by atoms with Crippen molar-refractivity contribution < 1.29 is 9.90 Å². The number of carbonyl (C=O) groups excluding carboxylic acids is 1. The van der Waals surface area contributed by atoms with E-state index >= 15 is 0 Å². The maximum atomic E-state index is 12.9. The van der Waals surface area contributed by atoms with Gasteiger partial charge in [-0.25, -0.2) is 4.98 Å². The Bertz CT molecular complexity index is 840. The Balaban J connectivity index is 1.49. The van der Waals surface area contributed by atoms with Gasteiger partial charge in [0, 0.05) is 47.8 Å². The third-order valence-corrected chi connectivity index (χ3v) is 6.70. The second-order valence-corrected chi connectivity index (χ2v) is 8.99. The number of hydrogen-bond acceptors (Lipinski definition) is 5. The van der Waals surface area contributed by atoms with Crippen LogP contribution in [0.2, 0.25) is 5.02 Å². The molecule has 138 valence electrons. The van der Waals surface area contributed by atoms with Gasteiger partial charge in [-0.1, -0.05) is 11.6 Å². The molecule has 3 heterocycles. The first-order valence-electron chi connectivity index (χ1n) is 8.91. The third-order valence-electron chi connectivity index (χ3n) is 5.57. The molecule has 5 nitrogen and oxygen atoms in total. The molecule has 0 aliphatic carbocycles. The highest BCUT2D eigenvalue weighted by Gasteiger charge is 2.48. The first-order valence-corrected chi connectivity index (χ1v) is 10.1. The van der Waals surface area contributed by atoms with E-state index in [1.807, 2.05) is 18.0 Å². The number of amides is 1. The Labute approximate surface area is 162 Å². The number of halogens is 1. The number of benzene rings is 1. The van der Waals surface area contributed by atoms with E-state index in [9.17, 15) is 9.90 Å². The molecule has 2 fully saturated rings. The molecule has 2 aromatic rings. The Hall–Kier alpha value is -1.63. The van der Waals surface area contributed by atoms with E-state index in [-0.39, 0.29) is 17.2 Å². The lowest BCUT2D eigenvalue weighted by molar-refractivity contribution is -0.0643. The molecule has 1 aromatic carbocycles. The van der Waals surface area contributed by atoms with Crippen LogP contribution < -0.4 is 0 Å². The van der Waals surface area contributed by atoms with Crippen LogP contribution in [-0.4, -0.2) is 51.0 Å². The molecule has 1 spiro atoms. The van der Waals surface area contributed by atoms with Gasteiger partial charge in [0.2, 0.25) is 0 Å². The summed E-state index contributed by atoms with van der Waals surface area (Å²) in [6.45, 7) is 5.44. The smallest absolute Gasteiger partial charge is 0.257 e. The monoisotopic (exact) mass is 391 g/mol. The highest BCUT2D eigenvalue weighted by Crippen LogP contribution is 2.40. The van der Waals surface area contributed by atoms with Crippen molar-refractivity contribution in [2.24, 2.45) is 0 Å². The molecule has 2 saturated heterocycles. The first kappa shape index (κ1) is 17.8. The maximum Gasteiger partial charge on any atom is 0.257 e. The summed E-state index contributed by atoms with van der Waals surface area (Å²) in [7, 11) is 0. The number of likely N-dealkylation sites (tertiary alicyclic amines) is 2. The van der Waals surface area contributed by atoms with Crippen molar-refractivity contribution in [3.8, 4) is 5.75 Å². The van der Waals surface area contributed by atoms with Gasteiger partial charge < -0.3 is 10.0 Å². The standard InChI is InChI=1S/C19H22ClN3O2S/c1-13-21-10-15(26-13)11-23-8-6-19(23)5-2-7-22(12-19)18(25)16-4-3-14(20)9-17(16)24/h3-4,9-10,24H,2,5-8,11-12H2,1H3/t19-/m0/s1. The summed E-state index contributed by atoms with van der Waals surface area (Å²) in [5.74, 6) is -0.161. The van der Waals surface area contributed by atoms with Crippen LogP contribution in [0.3, 0.4) is 0 Å². The van der Waals surface area contributed by atoms with E-state index in [1.54, 1.807) is 23.5 Å². The molecule has 4 rings (SSSR count). The number of phenolic OH excluding ortho intramolecular Hbond substituents is 1. The van der Waals surface area contributed by atoms with Crippen LogP contribution in [0.1, 0.15) is 39.5 Å². The molecule has 0 radical (unpaired) electrons. The van der Waals surface area contributed by atoms with E-state index in [4.69, 9.17) is 11.6 Å². The number of aryl methyl sites for hydroxylation is 1. The topological polar surface area (TPSA) is 56.7 Å². The van der Waals surface area contributed by atoms with Gasteiger partial charge in [0.1, 0.15) is 5.75 Å². The highest BCUT2D eigenvalue weighted by molar-refractivity contribution is 7.11. The van der Waals surface area contributed by atoms with Gasteiger partial charge in [0.05, 0.1) is 10.6 Å². The van der Waals surface area contributed by atoms with Crippen molar-refractivity contribution in [3.05, 3.63) is 44.9 Å². The van der Waals surface area contributed by atoms with Crippen LogP contribution in [0.25, 0.3) is 0 Å². The predicted molar refractivity (Wildman–Crippen MR) is 103 cm³/mol. The number of carbonyl (C=O) groups is 1. The molecule has 1 amide bonds. The van der Waals surface area contributed by atoms with Crippen molar-refractivity contribution in [1.82, 2.24) is 14.8 Å². The fourth-order valence-corrected chi connectivity index (χ4v) is 5.08. The number of thiazole rings is 1. The molecule has 2 aliphatic heterocycles. The van der Waals surface area contributed by atoms with Crippen molar-refractivity contribution in [3.63, 3.8) is 0 Å².